The van der Waals surface area contributed by atoms with Gasteiger partial charge in [-0.15, -0.1) is 0 Å². The maximum atomic E-state index is 11.9. The standard InChI is InChI=1S/C12H17NO6P/c13-5-2-6-20(17,18)12(16)9-3-1-4-10(7-9)19-8-11(14)15/h1,3-5,7,12,16H,2,6,8,13H2,(H,14,15)(H,17,18). The fourth-order valence-corrected chi connectivity index (χ4v) is 2.91. The van der Waals surface area contributed by atoms with Crippen molar-refractivity contribution in [3.05, 3.63) is 36.4 Å². The van der Waals surface area contributed by atoms with E-state index in [9.17, 15) is 19.4 Å². The number of hydrogen-bond acceptors (Lipinski definition) is 5. The molecule has 0 saturated carbocycles. The zero-order chi connectivity index (χ0) is 15.2. The van der Waals surface area contributed by atoms with Crippen molar-refractivity contribution in [1.29, 1.82) is 0 Å². The molecule has 7 nitrogen and oxygen atoms in total. The van der Waals surface area contributed by atoms with Crippen LogP contribution in [0.15, 0.2) is 24.3 Å². The summed E-state index contributed by atoms with van der Waals surface area (Å²) in [6, 6.07) is 5.80. The molecule has 1 radical (unpaired) electrons. The lowest BCUT2D eigenvalue weighted by Crippen LogP contribution is -2.10. The predicted octanol–water partition coefficient (Wildman–Crippen LogP) is 0.922. The summed E-state index contributed by atoms with van der Waals surface area (Å²) in [4.78, 5) is 20.2. The molecule has 2 unspecified atom stereocenters. The molecule has 0 aliphatic carbocycles. The second-order valence-corrected chi connectivity index (χ2v) is 6.58. The highest BCUT2D eigenvalue weighted by Crippen LogP contribution is 2.54. The van der Waals surface area contributed by atoms with Gasteiger partial charge in [0.1, 0.15) is 5.75 Å². The third kappa shape index (κ3) is 4.94. The monoisotopic (exact) mass is 302 g/mol. The summed E-state index contributed by atoms with van der Waals surface area (Å²) in [6.07, 6.45) is 0.0743. The topological polar surface area (TPSA) is 130 Å². The number of carboxylic acids is 1. The van der Waals surface area contributed by atoms with Gasteiger partial charge < -0.3 is 25.6 Å². The van der Waals surface area contributed by atoms with Gasteiger partial charge in [-0.3, -0.25) is 4.57 Å². The minimum absolute atomic E-state index is 0.134. The third-order valence-electron chi connectivity index (χ3n) is 2.52. The molecular formula is C12H17NO6P. The molecule has 2 atom stereocenters. The highest BCUT2D eigenvalue weighted by atomic mass is 31.2. The Balaban J connectivity index is 2.82. The van der Waals surface area contributed by atoms with E-state index in [-0.39, 0.29) is 23.9 Å². The van der Waals surface area contributed by atoms with Gasteiger partial charge in [-0.05, 0) is 24.1 Å². The number of benzene rings is 1. The van der Waals surface area contributed by atoms with Crippen LogP contribution in [0, 0.1) is 6.54 Å². The van der Waals surface area contributed by atoms with Crippen LogP contribution < -0.4 is 10.5 Å². The van der Waals surface area contributed by atoms with Crippen molar-refractivity contribution in [2.24, 2.45) is 5.73 Å². The molecule has 0 heterocycles. The van der Waals surface area contributed by atoms with Gasteiger partial charge in [-0.25, -0.2) is 4.79 Å². The minimum atomic E-state index is -3.81. The van der Waals surface area contributed by atoms with E-state index >= 15 is 0 Å². The summed E-state index contributed by atoms with van der Waals surface area (Å²) in [5, 5.41) is 18.4. The van der Waals surface area contributed by atoms with Crippen LogP contribution in [0.2, 0.25) is 0 Å². The maximum Gasteiger partial charge on any atom is 0.341 e. The molecule has 0 saturated heterocycles. The number of carbonyl (C=O) groups is 1. The first kappa shape index (κ1) is 16.7. The lowest BCUT2D eigenvalue weighted by atomic mass is 10.2. The third-order valence-corrected chi connectivity index (χ3v) is 4.48. The first-order valence-corrected chi connectivity index (χ1v) is 7.75. The minimum Gasteiger partial charge on any atom is -0.482 e. The Bertz CT molecular complexity index is 506. The molecule has 8 heteroatoms. The van der Waals surface area contributed by atoms with E-state index in [1.807, 2.05) is 0 Å². The fourth-order valence-electron chi connectivity index (χ4n) is 1.52. The number of aliphatic hydroxyl groups is 1. The van der Waals surface area contributed by atoms with E-state index in [1.165, 1.54) is 30.8 Å². The maximum absolute atomic E-state index is 11.9. The Morgan fingerprint density at radius 3 is 2.80 bits per heavy atom. The van der Waals surface area contributed by atoms with E-state index < -0.39 is 25.8 Å². The molecule has 0 aliphatic heterocycles. The van der Waals surface area contributed by atoms with Gasteiger partial charge in [0.15, 0.2) is 12.5 Å². The molecule has 0 amide bonds. The quantitative estimate of drug-likeness (QED) is 0.525. The van der Waals surface area contributed by atoms with Crippen molar-refractivity contribution in [2.45, 2.75) is 12.3 Å². The van der Waals surface area contributed by atoms with Gasteiger partial charge in [0.2, 0.25) is 7.37 Å². The molecule has 1 aromatic rings. The van der Waals surface area contributed by atoms with Gasteiger partial charge in [0, 0.05) is 12.7 Å². The molecule has 0 spiro atoms. The van der Waals surface area contributed by atoms with Gasteiger partial charge in [0.05, 0.1) is 0 Å². The molecule has 0 aliphatic rings. The van der Waals surface area contributed by atoms with Gasteiger partial charge in [0.25, 0.3) is 0 Å². The number of nitrogens with two attached hydrogens (primary N) is 1. The van der Waals surface area contributed by atoms with Crippen molar-refractivity contribution < 1.29 is 29.2 Å². The molecule has 1 aromatic carbocycles. The van der Waals surface area contributed by atoms with Gasteiger partial charge in [-0.2, -0.15) is 0 Å². The smallest absolute Gasteiger partial charge is 0.341 e. The summed E-state index contributed by atoms with van der Waals surface area (Å²) in [5.41, 5.74) is 5.34. The second kappa shape index (κ2) is 7.40. The lowest BCUT2D eigenvalue weighted by Gasteiger charge is -2.18. The molecule has 1 rings (SSSR count). The van der Waals surface area contributed by atoms with Gasteiger partial charge >= 0.3 is 5.97 Å². The number of hydrogen-bond donors (Lipinski definition) is 4. The number of aliphatic hydroxyl groups excluding tert-OH is 1. The summed E-state index contributed by atoms with van der Waals surface area (Å²) in [6.45, 7) is 0.723. The van der Waals surface area contributed by atoms with Gasteiger partial charge in [-0.1, -0.05) is 12.1 Å². The summed E-state index contributed by atoms with van der Waals surface area (Å²) < 4.78 is 16.9. The van der Waals surface area contributed by atoms with Crippen LogP contribution in [0.3, 0.4) is 0 Å². The van der Waals surface area contributed by atoms with Crippen molar-refractivity contribution >= 4 is 13.3 Å². The van der Waals surface area contributed by atoms with Crippen molar-refractivity contribution in [2.75, 3.05) is 12.8 Å². The fraction of sp³-hybridized carbons (Fsp3) is 0.333. The Kier molecular flexibility index (Phi) is 6.16. The van der Waals surface area contributed by atoms with Crippen molar-refractivity contribution in [1.82, 2.24) is 0 Å². The number of aliphatic carboxylic acids is 1. The van der Waals surface area contributed by atoms with E-state index in [4.69, 9.17) is 15.6 Å². The zero-order valence-electron chi connectivity index (χ0n) is 10.7. The normalized spacial score (nSPS) is 15.3. The van der Waals surface area contributed by atoms with Crippen molar-refractivity contribution in [3.63, 3.8) is 0 Å². The van der Waals surface area contributed by atoms with Crippen LogP contribution in [0.1, 0.15) is 17.8 Å². The van der Waals surface area contributed by atoms with Crippen LogP contribution in [0.4, 0.5) is 0 Å². The Labute approximate surface area is 116 Å². The Hall–Kier alpha value is -1.40. The first-order chi connectivity index (χ1) is 9.36. The van der Waals surface area contributed by atoms with Crippen LogP contribution in [0.25, 0.3) is 0 Å². The Morgan fingerprint density at radius 2 is 2.20 bits per heavy atom. The summed E-state index contributed by atoms with van der Waals surface area (Å²) in [7, 11) is -3.81. The summed E-state index contributed by atoms with van der Waals surface area (Å²) >= 11 is 0. The van der Waals surface area contributed by atoms with Crippen LogP contribution in [0.5, 0.6) is 5.75 Å². The largest absolute Gasteiger partial charge is 0.482 e. The van der Waals surface area contributed by atoms with E-state index in [0.717, 1.165) is 0 Å². The van der Waals surface area contributed by atoms with E-state index in [2.05, 4.69) is 0 Å². The second-order valence-electron chi connectivity index (χ2n) is 4.13. The van der Waals surface area contributed by atoms with Crippen LogP contribution >= 0.6 is 7.37 Å². The molecule has 0 bridgehead atoms. The zero-order valence-corrected chi connectivity index (χ0v) is 11.6. The summed E-state index contributed by atoms with van der Waals surface area (Å²) in [5.74, 6) is -2.49. The molecule has 111 valence electrons. The first-order valence-electron chi connectivity index (χ1n) is 5.84. The highest BCUT2D eigenvalue weighted by Gasteiger charge is 2.30. The van der Waals surface area contributed by atoms with E-state index in [0.29, 0.717) is 0 Å². The number of ether oxygens (including phenoxy) is 1. The molecule has 0 fully saturated rings. The predicted molar refractivity (Wildman–Crippen MR) is 72.3 cm³/mol. The van der Waals surface area contributed by atoms with E-state index in [1.54, 1.807) is 0 Å². The number of rotatable bonds is 8. The SMILES string of the molecule is N[CH]CCP(=O)(O)C(O)c1cccc(OCC(=O)O)c1. The van der Waals surface area contributed by atoms with Crippen molar-refractivity contribution in [3.8, 4) is 5.75 Å². The number of carboxylic acid groups (broad SMARTS) is 1. The van der Waals surface area contributed by atoms with Crippen LogP contribution in [-0.4, -0.2) is 33.8 Å². The Morgan fingerprint density at radius 1 is 1.50 bits per heavy atom. The van der Waals surface area contributed by atoms with Crippen LogP contribution in [-0.2, 0) is 9.36 Å². The highest BCUT2D eigenvalue weighted by molar-refractivity contribution is 7.58. The molecule has 0 aromatic heterocycles. The molecular weight excluding hydrogens is 285 g/mol. The molecule has 20 heavy (non-hydrogen) atoms. The average Bonchev–Trinajstić information content (AvgIpc) is 2.42. The lowest BCUT2D eigenvalue weighted by molar-refractivity contribution is -0.139. The molecule has 5 N–H and O–H groups in total. The average molecular weight is 302 g/mol.